The first kappa shape index (κ1) is 18.0. The monoisotopic (exact) mass is 379 g/mol. The van der Waals surface area contributed by atoms with Crippen molar-refractivity contribution in [3.8, 4) is 11.5 Å². The summed E-state index contributed by atoms with van der Waals surface area (Å²) in [5.74, 6) is 0.306. The molecule has 0 amide bonds. The molecule has 0 radical (unpaired) electrons. The molecule has 0 aliphatic heterocycles. The number of ether oxygens (including phenoxy) is 2. The number of rotatable bonds is 5. The number of halogens is 2. The van der Waals surface area contributed by atoms with E-state index in [4.69, 9.17) is 33.3 Å². The highest BCUT2D eigenvalue weighted by atomic mass is 35.5. The van der Waals surface area contributed by atoms with Crippen LogP contribution in [0.4, 0.5) is 10.1 Å². The molecule has 6 heteroatoms. The minimum Gasteiger partial charge on any atom is -0.497 e. The highest BCUT2D eigenvalue weighted by Gasteiger charge is 2.23. The van der Waals surface area contributed by atoms with Crippen LogP contribution in [0.15, 0.2) is 36.4 Å². The van der Waals surface area contributed by atoms with Gasteiger partial charge < -0.3 is 14.8 Å². The normalized spacial score (nSPS) is 14.4. The lowest BCUT2D eigenvalue weighted by atomic mass is 10.1. The van der Waals surface area contributed by atoms with Crippen LogP contribution in [0.2, 0.25) is 5.02 Å². The largest absolute Gasteiger partial charge is 0.497 e. The number of para-hydroxylation sites is 1. The number of thiocarbonyl (C=S) groups is 1. The standard InChI is InChI=1S/C19H19ClFNO2S/c1-23-13-10-15(21)18(17(11-13)24-12-6-2-3-7-12)19(25)22-16-9-5-4-8-14(16)20/h4-5,8-12H,2-3,6-7H2,1H3,(H,22,25). The van der Waals surface area contributed by atoms with Gasteiger partial charge in [0.15, 0.2) is 0 Å². The van der Waals surface area contributed by atoms with Gasteiger partial charge in [0.05, 0.1) is 29.5 Å². The van der Waals surface area contributed by atoms with E-state index < -0.39 is 5.82 Å². The first-order valence-electron chi connectivity index (χ1n) is 8.18. The molecule has 1 aliphatic rings. The van der Waals surface area contributed by atoms with Gasteiger partial charge >= 0.3 is 0 Å². The van der Waals surface area contributed by atoms with E-state index in [-0.39, 0.29) is 16.7 Å². The molecule has 1 saturated carbocycles. The lowest BCUT2D eigenvalue weighted by molar-refractivity contribution is 0.208. The Hall–Kier alpha value is -1.85. The molecule has 2 aromatic carbocycles. The maximum absolute atomic E-state index is 14.7. The summed E-state index contributed by atoms with van der Waals surface area (Å²) in [5, 5.41) is 3.52. The third-order valence-electron chi connectivity index (χ3n) is 4.21. The molecule has 2 aromatic rings. The Bertz CT molecular complexity index is 778. The van der Waals surface area contributed by atoms with Crippen molar-refractivity contribution in [1.82, 2.24) is 0 Å². The van der Waals surface area contributed by atoms with E-state index in [9.17, 15) is 4.39 Å². The minimum atomic E-state index is -0.489. The van der Waals surface area contributed by atoms with Crippen molar-refractivity contribution in [1.29, 1.82) is 0 Å². The molecule has 0 saturated heterocycles. The van der Waals surface area contributed by atoms with Crippen LogP contribution in [0.25, 0.3) is 0 Å². The predicted molar refractivity (Wildman–Crippen MR) is 103 cm³/mol. The topological polar surface area (TPSA) is 30.5 Å². The van der Waals surface area contributed by atoms with Crippen LogP contribution in [0, 0.1) is 5.82 Å². The van der Waals surface area contributed by atoms with Gasteiger partial charge in [0.25, 0.3) is 0 Å². The molecule has 1 fully saturated rings. The van der Waals surface area contributed by atoms with E-state index >= 15 is 0 Å². The zero-order valence-electron chi connectivity index (χ0n) is 13.9. The summed E-state index contributed by atoms with van der Waals surface area (Å²) in [5.41, 5.74) is 0.846. The van der Waals surface area contributed by atoms with Crippen LogP contribution in [0.1, 0.15) is 31.2 Å². The van der Waals surface area contributed by atoms with Gasteiger partial charge in [0.2, 0.25) is 0 Å². The van der Waals surface area contributed by atoms with Crippen molar-refractivity contribution in [3.63, 3.8) is 0 Å². The Morgan fingerprint density at radius 3 is 2.64 bits per heavy atom. The minimum absolute atomic E-state index is 0.0772. The summed E-state index contributed by atoms with van der Waals surface area (Å²) in [6.45, 7) is 0. The first-order valence-corrected chi connectivity index (χ1v) is 8.97. The number of benzene rings is 2. The maximum Gasteiger partial charge on any atom is 0.140 e. The quantitative estimate of drug-likeness (QED) is 0.685. The summed E-state index contributed by atoms with van der Waals surface area (Å²) in [7, 11) is 1.49. The Labute approximate surface area is 157 Å². The van der Waals surface area contributed by atoms with Crippen molar-refractivity contribution in [2.45, 2.75) is 31.8 Å². The average molecular weight is 380 g/mol. The molecular formula is C19H19ClFNO2S. The maximum atomic E-state index is 14.7. The molecule has 1 aliphatic carbocycles. The SMILES string of the molecule is COc1cc(F)c(C(=S)Nc2ccccc2Cl)c(OC2CCCC2)c1. The van der Waals surface area contributed by atoms with Gasteiger partial charge in [-0.2, -0.15) is 0 Å². The van der Waals surface area contributed by atoms with Crippen molar-refractivity contribution in [2.75, 3.05) is 12.4 Å². The van der Waals surface area contributed by atoms with E-state index in [0.717, 1.165) is 25.7 Å². The van der Waals surface area contributed by atoms with Gasteiger partial charge in [-0.25, -0.2) is 4.39 Å². The summed E-state index contributed by atoms with van der Waals surface area (Å²) in [6, 6.07) is 10.2. The van der Waals surface area contributed by atoms with Crippen molar-refractivity contribution >= 4 is 34.5 Å². The smallest absolute Gasteiger partial charge is 0.140 e. The predicted octanol–water partition coefficient (Wildman–Crippen LogP) is 5.60. The molecule has 0 bridgehead atoms. The second kappa shape index (κ2) is 8.02. The van der Waals surface area contributed by atoms with Gasteiger partial charge in [0, 0.05) is 12.1 Å². The molecule has 132 valence electrons. The number of methoxy groups -OCH3 is 1. The van der Waals surface area contributed by atoms with E-state index in [1.807, 2.05) is 12.1 Å². The summed E-state index contributed by atoms with van der Waals surface area (Å²) >= 11 is 11.6. The van der Waals surface area contributed by atoms with Gasteiger partial charge in [-0.1, -0.05) is 36.0 Å². The fraction of sp³-hybridized carbons (Fsp3) is 0.316. The summed E-state index contributed by atoms with van der Waals surface area (Å²) in [4.78, 5) is 0.223. The number of anilines is 1. The van der Waals surface area contributed by atoms with Crippen LogP contribution in [-0.4, -0.2) is 18.2 Å². The molecule has 0 atom stereocenters. The summed E-state index contributed by atoms with van der Waals surface area (Å²) in [6.07, 6.45) is 4.24. The van der Waals surface area contributed by atoms with Gasteiger partial charge in [-0.05, 0) is 37.8 Å². The van der Waals surface area contributed by atoms with Crippen molar-refractivity contribution in [3.05, 3.63) is 52.8 Å². The molecule has 0 aromatic heterocycles. The average Bonchev–Trinajstić information content (AvgIpc) is 3.09. The van der Waals surface area contributed by atoms with Gasteiger partial charge in [0.1, 0.15) is 22.3 Å². The fourth-order valence-electron chi connectivity index (χ4n) is 2.92. The van der Waals surface area contributed by atoms with Crippen molar-refractivity contribution in [2.24, 2.45) is 0 Å². The Balaban J connectivity index is 1.92. The Kier molecular flexibility index (Phi) is 5.76. The molecule has 3 rings (SSSR count). The zero-order chi connectivity index (χ0) is 17.8. The Morgan fingerprint density at radius 1 is 1.24 bits per heavy atom. The molecular weight excluding hydrogens is 361 g/mol. The molecule has 0 unspecified atom stereocenters. The molecule has 25 heavy (non-hydrogen) atoms. The molecule has 0 spiro atoms. The van der Waals surface area contributed by atoms with Crippen LogP contribution >= 0.6 is 23.8 Å². The Morgan fingerprint density at radius 2 is 1.96 bits per heavy atom. The van der Waals surface area contributed by atoms with E-state index in [1.54, 1.807) is 18.2 Å². The molecule has 0 heterocycles. The third-order valence-corrected chi connectivity index (χ3v) is 4.84. The summed E-state index contributed by atoms with van der Waals surface area (Å²) < 4.78 is 25.9. The fourth-order valence-corrected chi connectivity index (χ4v) is 3.41. The lowest BCUT2D eigenvalue weighted by Gasteiger charge is -2.19. The van der Waals surface area contributed by atoms with E-state index in [1.165, 1.54) is 13.2 Å². The number of hydrogen-bond donors (Lipinski definition) is 1. The first-order chi connectivity index (χ1) is 12.1. The van der Waals surface area contributed by atoms with Gasteiger partial charge in [-0.3, -0.25) is 0 Å². The lowest BCUT2D eigenvalue weighted by Crippen LogP contribution is -2.18. The third kappa shape index (κ3) is 4.22. The van der Waals surface area contributed by atoms with Crippen LogP contribution in [0.5, 0.6) is 11.5 Å². The number of hydrogen-bond acceptors (Lipinski definition) is 3. The van der Waals surface area contributed by atoms with Crippen LogP contribution in [0.3, 0.4) is 0 Å². The zero-order valence-corrected chi connectivity index (χ0v) is 15.4. The van der Waals surface area contributed by atoms with Crippen LogP contribution in [-0.2, 0) is 0 Å². The van der Waals surface area contributed by atoms with E-state index in [2.05, 4.69) is 5.32 Å². The van der Waals surface area contributed by atoms with E-state index in [0.29, 0.717) is 22.2 Å². The van der Waals surface area contributed by atoms with Crippen molar-refractivity contribution < 1.29 is 13.9 Å². The highest BCUT2D eigenvalue weighted by molar-refractivity contribution is 7.81. The molecule has 1 N–H and O–H groups in total. The number of nitrogens with one attached hydrogen (secondary N) is 1. The highest BCUT2D eigenvalue weighted by Crippen LogP contribution is 2.33. The second-order valence-corrected chi connectivity index (χ2v) is 6.76. The van der Waals surface area contributed by atoms with Crippen LogP contribution < -0.4 is 14.8 Å². The van der Waals surface area contributed by atoms with Gasteiger partial charge in [-0.15, -0.1) is 0 Å². The molecule has 3 nitrogen and oxygen atoms in total. The second-order valence-electron chi connectivity index (χ2n) is 5.94.